The Labute approximate surface area is 248 Å². The summed E-state index contributed by atoms with van der Waals surface area (Å²) in [5.41, 5.74) is 2.28. The van der Waals surface area contributed by atoms with Crippen molar-refractivity contribution in [2.24, 2.45) is 13.0 Å². The van der Waals surface area contributed by atoms with E-state index in [0.29, 0.717) is 49.7 Å². The van der Waals surface area contributed by atoms with Gasteiger partial charge < -0.3 is 20.0 Å². The average Bonchev–Trinajstić information content (AvgIpc) is 3.74. The van der Waals surface area contributed by atoms with Crippen LogP contribution in [0.4, 0.5) is 0 Å². The van der Waals surface area contributed by atoms with Crippen LogP contribution in [0.1, 0.15) is 65.3 Å². The highest BCUT2D eigenvalue weighted by Crippen LogP contribution is 2.28. The number of nitrogens with zero attached hydrogens (tertiary/aromatic N) is 10. The van der Waals surface area contributed by atoms with Gasteiger partial charge in [0.25, 0.3) is 11.8 Å². The molecule has 0 radical (unpaired) electrons. The Morgan fingerprint density at radius 1 is 1.16 bits per heavy atom. The Morgan fingerprint density at radius 2 is 1.98 bits per heavy atom. The fraction of sp³-hybridized carbons (Fsp3) is 0.593. The van der Waals surface area contributed by atoms with Crippen LogP contribution in [0.2, 0.25) is 0 Å². The predicted octanol–water partition coefficient (Wildman–Crippen LogP) is -0.415. The van der Waals surface area contributed by atoms with Gasteiger partial charge in [0.1, 0.15) is 18.6 Å². The van der Waals surface area contributed by atoms with Crippen LogP contribution in [0.15, 0.2) is 12.4 Å². The van der Waals surface area contributed by atoms with Crippen molar-refractivity contribution < 1.29 is 19.2 Å². The van der Waals surface area contributed by atoms with Crippen molar-refractivity contribution in [2.75, 3.05) is 39.8 Å². The van der Waals surface area contributed by atoms with E-state index < -0.39 is 5.91 Å². The summed E-state index contributed by atoms with van der Waals surface area (Å²) in [4.78, 5) is 58.5. The Hall–Kier alpha value is -4.63. The number of carbonyl (C=O) groups is 4. The third kappa shape index (κ3) is 6.57. The molecule has 1 unspecified atom stereocenters. The Balaban J connectivity index is 1.46. The summed E-state index contributed by atoms with van der Waals surface area (Å²) in [5, 5.41) is 25.2. The van der Waals surface area contributed by atoms with Gasteiger partial charge in [0.15, 0.2) is 11.5 Å². The van der Waals surface area contributed by atoms with E-state index in [1.807, 2.05) is 11.9 Å². The Kier molecular flexibility index (Phi) is 8.82. The molecule has 16 heteroatoms. The minimum atomic E-state index is -0.401. The molecular weight excluding hydrogens is 556 g/mol. The van der Waals surface area contributed by atoms with Gasteiger partial charge in [-0.1, -0.05) is 13.8 Å². The third-order valence-corrected chi connectivity index (χ3v) is 7.99. The average molecular weight is 595 g/mol. The molecule has 4 amide bonds. The molecule has 0 aromatic carbocycles. The first kappa shape index (κ1) is 29.8. The van der Waals surface area contributed by atoms with Crippen LogP contribution in [-0.2, 0) is 29.5 Å². The van der Waals surface area contributed by atoms with Crippen LogP contribution in [0.3, 0.4) is 0 Å². The van der Waals surface area contributed by atoms with Crippen LogP contribution in [0.5, 0.6) is 0 Å². The maximum absolute atomic E-state index is 14.0. The van der Waals surface area contributed by atoms with Crippen LogP contribution < -0.4 is 5.32 Å². The van der Waals surface area contributed by atoms with Gasteiger partial charge in [-0.25, -0.2) is 0 Å². The molecule has 0 spiro atoms. The zero-order chi connectivity index (χ0) is 30.7. The van der Waals surface area contributed by atoms with Gasteiger partial charge >= 0.3 is 0 Å². The van der Waals surface area contributed by atoms with Gasteiger partial charge in [-0.3, -0.25) is 29.0 Å². The lowest BCUT2D eigenvalue weighted by Crippen LogP contribution is -2.50. The molecule has 2 aliphatic rings. The zero-order valence-corrected chi connectivity index (χ0v) is 25.0. The molecule has 1 atom stereocenters. The molecule has 3 aromatic rings. The van der Waals surface area contributed by atoms with Crippen molar-refractivity contribution in [3.8, 4) is 5.82 Å². The Bertz CT molecular complexity index is 1480. The van der Waals surface area contributed by atoms with Crippen molar-refractivity contribution in [3.63, 3.8) is 0 Å². The molecule has 0 saturated carbocycles. The molecule has 1 aliphatic heterocycles. The summed E-state index contributed by atoms with van der Waals surface area (Å²) in [6.45, 7) is 4.97. The molecule has 0 fully saturated rings. The van der Waals surface area contributed by atoms with Crippen molar-refractivity contribution in [2.45, 2.75) is 52.0 Å². The standard InChI is InChI=1S/C27H38N12O4/c1-17(2)8-11-38-18-6-7-21-19(12-18)25(32-36(21)4)27(43)35(3)14-23(40)28-9-5-10-37(15-24(38)41)26(42)20-13-22(31-30-20)39-16-29-33-34-39/h13,16-18H,5-12,14-15H2,1-4H3,(H,28,40)(H,30,31). The van der Waals surface area contributed by atoms with E-state index in [2.05, 4.69) is 50.0 Å². The lowest BCUT2D eigenvalue weighted by Gasteiger charge is -2.36. The highest BCUT2D eigenvalue weighted by Gasteiger charge is 2.35. The summed E-state index contributed by atoms with van der Waals surface area (Å²) in [6.07, 6.45) is 4.41. The second-order valence-electron chi connectivity index (χ2n) is 11.5. The predicted molar refractivity (Wildman–Crippen MR) is 152 cm³/mol. The molecular formula is C27H38N12O4. The van der Waals surface area contributed by atoms with Crippen molar-refractivity contribution in [3.05, 3.63) is 35.0 Å². The molecule has 2 bridgehead atoms. The number of aryl methyl sites for hydroxylation is 1. The number of fused-ring (bicyclic) bond motifs is 1. The number of amides is 4. The van der Waals surface area contributed by atoms with E-state index in [1.165, 1.54) is 26.9 Å². The van der Waals surface area contributed by atoms with Crippen molar-refractivity contribution in [1.82, 2.24) is 60.2 Å². The third-order valence-electron chi connectivity index (χ3n) is 7.99. The smallest absolute Gasteiger partial charge is 0.274 e. The lowest BCUT2D eigenvalue weighted by atomic mass is 9.89. The second kappa shape index (κ2) is 12.7. The largest absolute Gasteiger partial charge is 0.354 e. The molecule has 230 valence electrons. The van der Waals surface area contributed by atoms with Gasteiger partial charge in [0, 0.05) is 57.1 Å². The van der Waals surface area contributed by atoms with Crippen LogP contribution in [0, 0.1) is 5.92 Å². The van der Waals surface area contributed by atoms with Crippen molar-refractivity contribution >= 4 is 23.6 Å². The number of hydrogen-bond donors (Lipinski definition) is 2. The SMILES string of the molecule is CC(C)CCN1C(=O)CN(C(=O)c2cc(-n3cnnn3)n[nH]2)CCCNC(=O)CN(C)C(=O)c2nn(C)c3c2CC1CC3. The molecule has 0 saturated heterocycles. The molecule has 5 rings (SSSR count). The van der Waals surface area contributed by atoms with Crippen molar-refractivity contribution in [1.29, 1.82) is 0 Å². The van der Waals surface area contributed by atoms with E-state index in [-0.39, 0.29) is 55.6 Å². The van der Waals surface area contributed by atoms with Crippen LogP contribution >= 0.6 is 0 Å². The molecule has 16 nitrogen and oxygen atoms in total. The number of H-pyrrole nitrogens is 1. The van der Waals surface area contributed by atoms with Gasteiger partial charge in [-0.2, -0.15) is 14.9 Å². The van der Waals surface area contributed by atoms with Crippen LogP contribution in [-0.4, -0.2) is 124 Å². The molecule has 1 aliphatic carbocycles. The lowest BCUT2D eigenvalue weighted by molar-refractivity contribution is -0.134. The first-order valence-corrected chi connectivity index (χ1v) is 14.6. The number of nitrogens with one attached hydrogen (secondary N) is 2. The van der Waals surface area contributed by atoms with Gasteiger partial charge in [0.2, 0.25) is 11.8 Å². The zero-order valence-electron chi connectivity index (χ0n) is 25.0. The van der Waals surface area contributed by atoms with E-state index in [4.69, 9.17) is 0 Å². The summed E-state index contributed by atoms with van der Waals surface area (Å²) >= 11 is 0. The van der Waals surface area contributed by atoms with E-state index in [1.54, 1.807) is 11.7 Å². The van der Waals surface area contributed by atoms with Gasteiger partial charge in [-0.05, 0) is 48.4 Å². The maximum atomic E-state index is 14.0. The molecule has 2 N–H and O–H groups in total. The number of tetrazole rings is 1. The topological polar surface area (TPSA) is 180 Å². The number of aromatic nitrogens is 8. The second-order valence-corrected chi connectivity index (χ2v) is 11.5. The number of rotatable bonds is 5. The number of carbonyl (C=O) groups excluding carboxylic acids is 4. The van der Waals surface area contributed by atoms with Gasteiger partial charge in [-0.15, -0.1) is 5.10 Å². The molecule has 43 heavy (non-hydrogen) atoms. The summed E-state index contributed by atoms with van der Waals surface area (Å²) in [6, 6.07) is 1.37. The fourth-order valence-electron chi connectivity index (χ4n) is 5.62. The summed E-state index contributed by atoms with van der Waals surface area (Å²) in [5.74, 6) is -0.512. The van der Waals surface area contributed by atoms with E-state index >= 15 is 0 Å². The maximum Gasteiger partial charge on any atom is 0.274 e. The highest BCUT2D eigenvalue weighted by molar-refractivity contribution is 5.97. The quantitative estimate of drug-likeness (QED) is 0.397. The summed E-state index contributed by atoms with van der Waals surface area (Å²) in [7, 11) is 3.40. The number of likely N-dealkylation sites (N-methyl/N-ethyl adjacent to an activating group) is 1. The minimum Gasteiger partial charge on any atom is -0.354 e. The highest BCUT2D eigenvalue weighted by atomic mass is 16.2. The first-order valence-electron chi connectivity index (χ1n) is 14.6. The van der Waals surface area contributed by atoms with Crippen LogP contribution in [0.25, 0.3) is 5.82 Å². The Morgan fingerprint density at radius 3 is 2.72 bits per heavy atom. The summed E-state index contributed by atoms with van der Waals surface area (Å²) < 4.78 is 3.05. The molecule has 3 aromatic heterocycles. The number of hydrogen-bond acceptors (Lipinski definition) is 9. The monoisotopic (exact) mass is 594 g/mol. The number of aromatic amines is 1. The first-order chi connectivity index (χ1) is 20.6. The fourth-order valence-corrected chi connectivity index (χ4v) is 5.62. The van der Waals surface area contributed by atoms with Gasteiger partial charge in [0.05, 0.1) is 6.54 Å². The van der Waals surface area contributed by atoms with E-state index in [9.17, 15) is 19.2 Å². The molecule has 4 heterocycles. The normalized spacial score (nSPS) is 18.9. The minimum absolute atomic E-state index is 0.122. The van der Waals surface area contributed by atoms with E-state index in [0.717, 1.165) is 17.7 Å².